The third-order valence-electron chi connectivity index (χ3n) is 3.25. The fourth-order valence-electron chi connectivity index (χ4n) is 2.32. The number of pyridine rings is 1. The summed E-state index contributed by atoms with van der Waals surface area (Å²) in [7, 11) is 0. The SMILES string of the molecule is c1cnc2[nH]c(-c3ccc4c(c3)OCCO4)cc2c1. The number of H-pyrrole nitrogens is 1. The standard InChI is InChI=1S/C15H12N2O2/c1-2-11-8-12(17-15(11)16-5-1)10-3-4-13-14(9-10)19-7-6-18-13/h1-5,8-9H,6-7H2,(H,16,17). The molecule has 0 atom stereocenters. The van der Waals surface area contributed by atoms with Gasteiger partial charge in [-0.2, -0.15) is 0 Å². The predicted molar refractivity (Wildman–Crippen MR) is 72.5 cm³/mol. The Morgan fingerprint density at radius 1 is 1.00 bits per heavy atom. The van der Waals surface area contributed by atoms with Crippen molar-refractivity contribution in [1.82, 2.24) is 9.97 Å². The lowest BCUT2D eigenvalue weighted by molar-refractivity contribution is 0.171. The Morgan fingerprint density at radius 3 is 2.79 bits per heavy atom. The summed E-state index contributed by atoms with van der Waals surface area (Å²) in [5, 5.41) is 1.10. The van der Waals surface area contributed by atoms with Crippen LogP contribution < -0.4 is 9.47 Å². The molecule has 1 aliphatic rings. The van der Waals surface area contributed by atoms with E-state index in [1.807, 2.05) is 30.3 Å². The molecule has 3 heterocycles. The molecular weight excluding hydrogens is 240 g/mol. The molecule has 0 radical (unpaired) electrons. The van der Waals surface area contributed by atoms with Gasteiger partial charge in [-0.1, -0.05) is 0 Å². The molecule has 0 saturated heterocycles. The van der Waals surface area contributed by atoms with Crippen LogP contribution in [0.15, 0.2) is 42.6 Å². The average molecular weight is 252 g/mol. The molecule has 1 N–H and O–H groups in total. The van der Waals surface area contributed by atoms with E-state index in [0.29, 0.717) is 13.2 Å². The van der Waals surface area contributed by atoms with Crippen molar-refractivity contribution in [2.45, 2.75) is 0 Å². The van der Waals surface area contributed by atoms with Crippen LogP contribution in [0.5, 0.6) is 11.5 Å². The van der Waals surface area contributed by atoms with Crippen LogP contribution in [0.3, 0.4) is 0 Å². The minimum Gasteiger partial charge on any atom is -0.486 e. The quantitative estimate of drug-likeness (QED) is 0.724. The van der Waals surface area contributed by atoms with E-state index in [0.717, 1.165) is 33.8 Å². The highest BCUT2D eigenvalue weighted by Gasteiger charge is 2.13. The number of hydrogen-bond donors (Lipinski definition) is 1. The summed E-state index contributed by atoms with van der Waals surface area (Å²) >= 11 is 0. The van der Waals surface area contributed by atoms with E-state index < -0.39 is 0 Å². The summed E-state index contributed by atoms with van der Waals surface area (Å²) in [5.74, 6) is 1.61. The van der Waals surface area contributed by atoms with Crippen LogP contribution >= 0.6 is 0 Å². The van der Waals surface area contributed by atoms with Gasteiger partial charge >= 0.3 is 0 Å². The number of aromatic amines is 1. The number of ether oxygens (including phenoxy) is 2. The molecule has 0 fully saturated rings. The van der Waals surface area contributed by atoms with E-state index in [1.165, 1.54) is 0 Å². The Bertz CT molecular complexity index is 716. The first kappa shape index (κ1) is 10.4. The molecule has 4 heteroatoms. The first-order valence-electron chi connectivity index (χ1n) is 6.24. The van der Waals surface area contributed by atoms with Gasteiger partial charge in [-0.05, 0) is 36.4 Å². The van der Waals surface area contributed by atoms with Crippen molar-refractivity contribution in [2.24, 2.45) is 0 Å². The third-order valence-corrected chi connectivity index (χ3v) is 3.25. The van der Waals surface area contributed by atoms with Crippen LogP contribution in [0.1, 0.15) is 0 Å². The zero-order chi connectivity index (χ0) is 12.7. The number of hydrogen-bond acceptors (Lipinski definition) is 3. The van der Waals surface area contributed by atoms with E-state index in [-0.39, 0.29) is 0 Å². The smallest absolute Gasteiger partial charge is 0.162 e. The van der Waals surface area contributed by atoms with Crippen molar-refractivity contribution in [2.75, 3.05) is 13.2 Å². The molecule has 3 aromatic rings. The van der Waals surface area contributed by atoms with Gasteiger partial charge in [0.25, 0.3) is 0 Å². The van der Waals surface area contributed by atoms with Gasteiger partial charge in [-0.15, -0.1) is 0 Å². The molecule has 0 bridgehead atoms. The van der Waals surface area contributed by atoms with Crippen molar-refractivity contribution < 1.29 is 9.47 Å². The summed E-state index contributed by atoms with van der Waals surface area (Å²) in [6.45, 7) is 1.22. The highest BCUT2D eigenvalue weighted by atomic mass is 16.6. The van der Waals surface area contributed by atoms with Gasteiger partial charge in [0.2, 0.25) is 0 Å². The number of aromatic nitrogens is 2. The molecular formula is C15H12N2O2. The van der Waals surface area contributed by atoms with Crippen LogP contribution in [0, 0.1) is 0 Å². The van der Waals surface area contributed by atoms with Crippen molar-refractivity contribution in [3.63, 3.8) is 0 Å². The van der Waals surface area contributed by atoms with Gasteiger partial charge < -0.3 is 14.5 Å². The fraction of sp³-hybridized carbons (Fsp3) is 0.133. The lowest BCUT2D eigenvalue weighted by Gasteiger charge is -2.18. The third kappa shape index (κ3) is 1.73. The van der Waals surface area contributed by atoms with E-state index in [4.69, 9.17) is 9.47 Å². The van der Waals surface area contributed by atoms with Crippen molar-refractivity contribution in [3.8, 4) is 22.8 Å². The molecule has 94 valence electrons. The average Bonchev–Trinajstić information content (AvgIpc) is 2.90. The molecule has 0 aliphatic carbocycles. The van der Waals surface area contributed by atoms with Crippen molar-refractivity contribution in [3.05, 3.63) is 42.6 Å². The molecule has 0 unspecified atom stereocenters. The maximum absolute atomic E-state index is 5.61. The largest absolute Gasteiger partial charge is 0.486 e. The summed E-state index contributed by atoms with van der Waals surface area (Å²) in [6.07, 6.45) is 1.78. The molecule has 2 aromatic heterocycles. The van der Waals surface area contributed by atoms with Gasteiger partial charge in [0.1, 0.15) is 18.9 Å². The first-order chi connectivity index (χ1) is 9.40. The lowest BCUT2D eigenvalue weighted by atomic mass is 10.1. The second kappa shape index (κ2) is 4.02. The molecule has 0 spiro atoms. The van der Waals surface area contributed by atoms with Crippen LogP contribution in [0.2, 0.25) is 0 Å². The highest BCUT2D eigenvalue weighted by molar-refractivity contribution is 5.83. The fourth-order valence-corrected chi connectivity index (χ4v) is 2.32. The van der Waals surface area contributed by atoms with E-state index in [1.54, 1.807) is 6.20 Å². The topological polar surface area (TPSA) is 47.1 Å². The Kier molecular flexibility index (Phi) is 2.21. The molecule has 0 saturated carbocycles. The predicted octanol–water partition coefficient (Wildman–Crippen LogP) is 3.00. The Labute approximate surface area is 110 Å². The van der Waals surface area contributed by atoms with Gasteiger partial charge in [0.15, 0.2) is 11.5 Å². The number of fused-ring (bicyclic) bond motifs is 2. The van der Waals surface area contributed by atoms with E-state index in [9.17, 15) is 0 Å². The molecule has 1 aliphatic heterocycles. The van der Waals surface area contributed by atoms with Gasteiger partial charge in [-0.3, -0.25) is 0 Å². The molecule has 19 heavy (non-hydrogen) atoms. The molecule has 0 amide bonds. The summed E-state index contributed by atoms with van der Waals surface area (Å²) in [6, 6.07) is 12.0. The number of rotatable bonds is 1. The van der Waals surface area contributed by atoms with Crippen molar-refractivity contribution >= 4 is 11.0 Å². The summed E-state index contributed by atoms with van der Waals surface area (Å²) in [4.78, 5) is 7.61. The zero-order valence-corrected chi connectivity index (χ0v) is 10.2. The maximum atomic E-state index is 5.61. The van der Waals surface area contributed by atoms with Gasteiger partial charge in [0.05, 0.1) is 0 Å². The van der Waals surface area contributed by atoms with E-state index >= 15 is 0 Å². The summed E-state index contributed by atoms with van der Waals surface area (Å²) in [5.41, 5.74) is 3.00. The summed E-state index contributed by atoms with van der Waals surface area (Å²) < 4.78 is 11.1. The Balaban J connectivity index is 1.83. The van der Waals surface area contributed by atoms with E-state index in [2.05, 4.69) is 16.0 Å². The zero-order valence-electron chi connectivity index (χ0n) is 10.2. The Hall–Kier alpha value is -2.49. The molecule has 4 nitrogen and oxygen atoms in total. The molecule has 4 rings (SSSR count). The number of nitrogens with zero attached hydrogens (tertiary/aromatic N) is 1. The molecule has 1 aromatic carbocycles. The van der Waals surface area contributed by atoms with Gasteiger partial charge in [0, 0.05) is 22.8 Å². The normalized spacial score (nSPS) is 13.7. The Morgan fingerprint density at radius 2 is 1.89 bits per heavy atom. The second-order valence-electron chi connectivity index (χ2n) is 4.48. The maximum Gasteiger partial charge on any atom is 0.162 e. The van der Waals surface area contributed by atoms with Gasteiger partial charge in [-0.25, -0.2) is 4.98 Å². The van der Waals surface area contributed by atoms with Crippen LogP contribution in [0.4, 0.5) is 0 Å². The minimum atomic E-state index is 0.602. The number of nitrogens with one attached hydrogen (secondary N) is 1. The van der Waals surface area contributed by atoms with Crippen LogP contribution in [-0.4, -0.2) is 23.2 Å². The minimum absolute atomic E-state index is 0.602. The monoisotopic (exact) mass is 252 g/mol. The highest BCUT2D eigenvalue weighted by Crippen LogP contribution is 2.34. The van der Waals surface area contributed by atoms with Crippen LogP contribution in [0.25, 0.3) is 22.3 Å². The lowest BCUT2D eigenvalue weighted by Crippen LogP contribution is -2.15. The van der Waals surface area contributed by atoms with Crippen LogP contribution in [-0.2, 0) is 0 Å². The second-order valence-corrected chi connectivity index (χ2v) is 4.48. The first-order valence-corrected chi connectivity index (χ1v) is 6.24. The van der Waals surface area contributed by atoms with Crippen molar-refractivity contribution in [1.29, 1.82) is 0 Å². The number of benzene rings is 1.